The molecule has 7 aromatic rings. The second-order valence-corrected chi connectivity index (χ2v) is 43.1. The SMILES string of the molecule is C#CC.CCOC(=O)C(C)(C)CCCCOc1cc(C)c(N)c(C)c1.CCOC(=O)C(C)(C)CCCCOc1cc(C)c(NC(=O)C2OC(c3ccccc3)OCC2(C)C)c(C)c1.COC(=O)C1OC(c2ccccc2)OCC1(C)C.Cc1cc(OCCCCC(C)(C)C(=O)O)cc(C)c1NC(=O)C(O)C(C)(C)CO.Cc1cc(OCCCCC(C)(C)C(=O)O)cc(C)c1NC(=O)C1OC(c2ccccc2)OCC1(C)C.[2HH].[2HH].[2H][2H].[2H][2H]. The first-order valence-corrected chi connectivity index (χ1v) is 50.6. The van der Waals surface area contributed by atoms with E-state index in [9.17, 15) is 53.7 Å². The highest BCUT2D eigenvalue weighted by molar-refractivity contribution is 5.98. The predicted octanol–water partition coefficient (Wildman–Crippen LogP) is 23.8. The molecule has 0 radical (unpaired) electrons. The van der Waals surface area contributed by atoms with Crippen molar-refractivity contribution >= 4 is 70.3 Å². The van der Waals surface area contributed by atoms with Gasteiger partial charge in [-0.3, -0.25) is 33.6 Å². The molecule has 7 aromatic carbocycles. The first kappa shape index (κ1) is 121. The van der Waals surface area contributed by atoms with Crippen LogP contribution in [-0.2, 0) is 81.0 Å². The van der Waals surface area contributed by atoms with Crippen LogP contribution in [0.5, 0.6) is 23.0 Å². The molecule has 3 aliphatic rings. The average Bonchev–Trinajstić information content (AvgIpc) is 0.792. The number of esters is 3. The number of amides is 3. The Kier molecular flexibility index (Phi) is 48.5. The molecule has 9 N–H and O–H groups in total. The average molecular weight is 2040 g/mol. The summed E-state index contributed by atoms with van der Waals surface area (Å²) in [4.78, 5) is 97.0. The Bertz CT molecular complexity index is 5310. The van der Waals surface area contributed by atoms with Gasteiger partial charge in [-0.1, -0.05) is 146 Å². The maximum Gasteiger partial charge on any atom is 0.335 e. The zero-order valence-electron chi connectivity index (χ0n) is 95.9. The van der Waals surface area contributed by atoms with Crippen LogP contribution in [0, 0.1) is 111 Å². The number of aliphatic carboxylic acids is 2. The molecule has 0 aromatic heterocycles. The molecule has 29 nitrogen and oxygen atoms in total. The van der Waals surface area contributed by atoms with Crippen molar-refractivity contribution in [1.29, 1.82) is 0 Å². The Morgan fingerprint density at radius 2 is 0.692 bits per heavy atom. The van der Waals surface area contributed by atoms with Gasteiger partial charge in [-0.15, -0.1) is 12.3 Å². The number of unbranched alkanes of at least 4 members (excludes halogenated alkanes) is 4. The number of nitrogen functional groups attached to an aromatic ring is 1. The molecule has 3 saturated heterocycles. The lowest BCUT2D eigenvalue weighted by Gasteiger charge is -2.41. The zero-order valence-corrected chi connectivity index (χ0v) is 91.9. The van der Waals surface area contributed by atoms with Crippen LogP contribution < -0.4 is 40.6 Å². The lowest BCUT2D eigenvalue weighted by Crippen LogP contribution is -2.49. The van der Waals surface area contributed by atoms with Gasteiger partial charge in [0.1, 0.15) is 41.3 Å². The third kappa shape index (κ3) is 39.3. The van der Waals surface area contributed by atoms with Crippen molar-refractivity contribution in [2.75, 3.05) is 94.9 Å². The van der Waals surface area contributed by atoms with Gasteiger partial charge in [-0.05, 0) is 302 Å². The molecule has 146 heavy (non-hydrogen) atoms. The number of carbonyl (C=O) groups excluding carboxylic acids is 6. The number of hydrogen-bond acceptors (Lipinski definition) is 24. The van der Waals surface area contributed by atoms with Gasteiger partial charge in [0, 0.05) is 69.9 Å². The number of aryl methyl sites for hydroxylation is 8. The van der Waals surface area contributed by atoms with E-state index < -0.39 is 104 Å². The fraction of sp³-hybridized carbons (Fsp3) is 0.556. The largest absolute Gasteiger partial charge is 0.494 e. The van der Waals surface area contributed by atoms with Gasteiger partial charge >= 0.3 is 29.8 Å². The van der Waals surface area contributed by atoms with Crippen molar-refractivity contribution in [3.05, 3.63) is 201 Å². The Balaban J connectivity index is 0.000000952. The number of terminal acetylenes is 1. The maximum absolute atomic E-state index is 13.4. The van der Waals surface area contributed by atoms with Crippen LogP contribution in [0.4, 0.5) is 22.7 Å². The smallest absolute Gasteiger partial charge is 0.335 e. The maximum atomic E-state index is 13.4. The molecule has 3 aliphatic heterocycles. The number of anilines is 4. The van der Waals surface area contributed by atoms with E-state index in [0.717, 1.165) is 160 Å². The summed E-state index contributed by atoms with van der Waals surface area (Å²) in [6, 6.07) is 44.1. The molecule has 3 fully saturated rings. The van der Waals surface area contributed by atoms with Crippen LogP contribution in [0.3, 0.4) is 0 Å². The highest BCUT2D eigenvalue weighted by atomic mass is 16.7. The van der Waals surface area contributed by atoms with E-state index in [1.54, 1.807) is 48.5 Å². The van der Waals surface area contributed by atoms with E-state index in [1.807, 2.05) is 278 Å². The van der Waals surface area contributed by atoms with Gasteiger partial charge in [-0.25, -0.2) is 4.79 Å². The number of carbonyl (C=O) groups is 8. The monoisotopic (exact) mass is 2040 g/mol. The molecule has 0 spiro atoms. The molecular weight excluding hydrogens is 1860 g/mol. The third-order valence-electron chi connectivity index (χ3n) is 25.7. The van der Waals surface area contributed by atoms with Crippen LogP contribution in [0.1, 0.15) is 297 Å². The van der Waals surface area contributed by atoms with Crippen molar-refractivity contribution in [3.8, 4) is 35.3 Å². The fourth-order valence-corrected chi connectivity index (χ4v) is 16.0. The van der Waals surface area contributed by atoms with Crippen molar-refractivity contribution in [3.63, 3.8) is 0 Å². The summed E-state index contributed by atoms with van der Waals surface area (Å²) < 4.78 is 94.1. The van der Waals surface area contributed by atoms with Crippen LogP contribution in [0.2, 0.25) is 0 Å². The summed E-state index contributed by atoms with van der Waals surface area (Å²) in [5.74, 6) is 2.09. The van der Waals surface area contributed by atoms with E-state index in [0.29, 0.717) is 83.7 Å². The van der Waals surface area contributed by atoms with E-state index in [-0.39, 0.29) is 39.2 Å². The minimum Gasteiger partial charge on any atom is -0.494 e. The number of ether oxygens (including phenoxy) is 13. The lowest BCUT2D eigenvalue weighted by molar-refractivity contribution is -0.265. The standard InChI is InChI=1S/C31H43NO6.C29H39NO6.C22H35NO6.C18H29NO3.C14H18O4.C3H4.4H2/c1-8-35-29(34)30(4,5)16-12-13-17-36-24-18-21(2)25(22(3)19-24)32-27(33)26-31(6,7)20-37-28(38-26)23-14-10-9-11-15-23;1-19-16-22(34-15-11-10-14-28(3,4)27(32)33)17-20(2)23(19)30-25(31)24-29(5,6)18-35-26(36-24)21-12-8-7-9-13-21;1-14-11-16(29-10-8-7-9-21(3,4)20(27)28)12-15(2)17(14)23-19(26)18(25)22(5,6)13-24;1-6-21-17(20)18(4,5)9-7-8-10-22-15-11-13(2)16(19)14(3)12-15;1-14(2)9-17-13(10-7-5-4-6-8-10)18-11(14)12(15)16-3;1-3-2;;;;/h9-11,14-15,18-19,26,28H,8,12-13,16-17,20H2,1-7H3,(H,32,33);7-9,12-13,16-17,24,26H,10-11,14-15,18H2,1-6H3,(H,30,31)(H,32,33);11-12,18,24-25H,7-10,13H2,1-6H3,(H,23,26)(H,27,28);11-12H,6-10,19H2,1-5H3;4-8,11,13H,9H2,1-3H3;1H,2H3;4*1H/i;;;;;;2*1+1D;2*1+1. The molecule has 7 unspecified atom stereocenters. The van der Waals surface area contributed by atoms with Gasteiger partial charge in [0.2, 0.25) is 0 Å². The number of benzene rings is 7. The summed E-state index contributed by atoms with van der Waals surface area (Å²) in [6.07, 6.45) is 8.93. The third-order valence-corrected chi connectivity index (χ3v) is 25.7. The molecule has 0 aliphatic carbocycles. The van der Waals surface area contributed by atoms with Gasteiger partial charge in [0.25, 0.3) is 17.7 Å². The molecular formula is C117H176N4O25. The number of aliphatic hydroxyl groups is 2. The van der Waals surface area contributed by atoms with E-state index in [2.05, 4.69) is 28.3 Å². The van der Waals surface area contributed by atoms with E-state index in [4.69, 9.17) is 78.4 Å². The second kappa shape index (κ2) is 58.3. The Morgan fingerprint density at radius 1 is 0.438 bits per heavy atom. The predicted molar refractivity (Wildman–Crippen MR) is 578 cm³/mol. The topological polar surface area (TPSA) is 400 Å². The van der Waals surface area contributed by atoms with Crippen molar-refractivity contribution < 1.29 is 129 Å². The first-order chi connectivity index (χ1) is 70.4. The minimum absolute atomic E-state index is 0. The zero-order chi connectivity index (χ0) is 113. The van der Waals surface area contributed by atoms with E-state index >= 15 is 0 Å². The van der Waals surface area contributed by atoms with Gasteiger partial charge in [0.15, 0.2) is 25.0 Å². The molecule has 3 amide bonds. The molecule has 29 heteroatoms. The number of rotatable bonds is 42. The summed E-state index contributed by atoms with van der Waals surface area (Å²) >= 11 is 0. The van der Waals surface area contributed by atoms with E-state index in [1.165, 1.54) is 7.11 Å². The van der Waals surface area contributed by atoms with Crippen molar-refractivity contribution in [1.82, 2.24) is 0 Å². The Morgan fingerprint density at radius 3 is 0.952 bits per heavy atom. The number of nitrogens with two attached hydrogens (primary N) is 1. The summed E-state index contributed by atoms with van der Waals surface area (Å²) in [7, 11) is 1.37. The van der Waals surface area contributed by atoms with Gasteiger partial charge < -0.3 is 104 Å². The first-order valence-electron chi connectivity index (χ1n) is 52.6. The number of carboxylic acid groups (broad SMARTS) is 2. The molecule has 10 rings (SSSR count). The summed E-state index contributed by atoms with van der Waals surface area (Å²) in [5.41, 5.74) is 14.2. The summed E-state index contributed by atoms with van der Waals surface area (Å²) in [5, 5.41) is 46.8. The molecule has 814 valence electrons. The van der Waals surface area contributed by atoms with Crippen molar-refractivity contribution in [2.24, 2.45) is 43.3 Å². The number of aliphatic hydroxyl groups excluding tert-OH is 2. The number of nitrogens with one attached hydrogen (secondary N) is 3. The number of hydrogen-bond donors (Lipinski definition) is 8. The minimum atomic E-state index is -1.34. The van der Waals surface area contributed by atoms with Crippen molar-refractivity contribution in [2.45, 2.75) is 307 Å². The quantitative estimate of drug-likeness (QED) is 0.00579. The molecule has 0 saturated carbocycles. The van der Waals surface area contributed by atoms with Gasteiger partial charge in [0.05, 0.1) is 94.8 Å². The lowest BCUT2D eigenvalue weighted by atomic mass is 9.85. The number of carboxylic acids is 2. The highest BCUT2D eigenvalue weighted by Crippen LogP contribution is 2.43. The van der Waals surface area contributed by atoms with Gasteiger partial charge in [-0.2, -0.15) is 0 Å². The summed E-state index contributed by atoms with van der Waals surface area (Å²) in [6.45, 7) is 54.3. The van der Waals surface area contributed by atoms with Crippen LogP contribution in [0.25, 0.3) is 0 Å². The molecule has 7 atom stereocenters. The molecule has 3 heterocycles. The van der Waals surface area contributed by atoms with Crippen LogP contribution in [0.15, 0.2) is 140 Å². The Hall–Kier alpha value is -11.5. The second-order valence-electron chi connectivity index (χ2n) is 43.1. The van der Waals surface area contributed by atoms with Crippen LogP contribution >= 0.6 is 0 Å². The molecule has 0 bridgehead atoms. The normalized spacial score (nSPS) is 17.5. The highest BCUT2D eigenvalue weighted by Gasteiger charge is 2.47. The number of methoxy groups -OCH3 is 1. The van der Waals surface area contributed by atoms with Crippen LogP contribution in [-0.4, -0.2) is 166 Å². The Labute approximate surface area is 876 Å². The fourth-order valence-electron chi connectivity index (χ4n) is 16.0.